The average molecular weight is 191 g/mol. The Bertz CT molecular complexity index is 311. The summed E-state index contributed by atoms with van der Waals surface area (Å²) < 4.78 is 5.61. The summed E-state index contributed by atoms with van der Waals surface area (Å²) in [6.07, 6.45) is 1.17. The number of ether oxygens (including phenoxy) is 1. The van der Waals surface area contributed by atoms with Crippen LogP contribution >= 0.6 is 0 Å². The predicted octanol–water partition coefficient (Wildman–Crippen LogP) is 2.68. The zero-order valence-electron chi connectivity index (χ0n) is 8.86. The third-order valence-electron chi connectivity index (χ3n) is 2.89. The van der Waals surface area contributed by atoms with Gasteiger partial charge in [-0.05, 0) is 25.5 Å². The van der Waals surface area contributed by atoms with E-state index in [0.717, 1.165) is 18.9 Å². The van der Waals surface area contributed by atoms with E-state index < -0.39 is 0 Å². The molecule has 2 heteroatoms. The van der Waals surface area contributed by atoms with Crippen molar-refractivity contribution in [2.45, 2.75) is 26.3 Å². The molecular formula is C12H17NO. The van der Waals surface area contributed by atoms with Crippen molar-refractivity contribution in [2.24, 2.45) is 0 Å². The molecule has 14 heavy (non-hydrogen) atoms. The minimum Gasteiger partial charge on any atom is -0.490 e. The standard InChI is InChI=1S/C12H17NO/c1-3-10(2)13-8-9-14-12-7-5-4-6-11(12)13/h4-7,10H,3,8-9H2,1-2H3. The van der Waals surface area contributed by atoms with Crippen molar-refractivity contribution in [3.63, 3.8) is 0 Å². The molecule has 1 aliphatic heterocycles. The Labute approximate surface area is 85.5 Å². The van der Waals surface area contributed by atoms with Crippen LogP contribution in [0.5, 0.6) is 5.75 Å². The molecular weight excluding hydrogens is 174 g/mol. The third-order valence-corrected chi connectivity index (χ3v) is 2.89. The molecule has 1 unspecified atom stereocenters. The summed E-state index contributed by atoms with van der Waals surface area (Å²) in [6.45, 7) is 6.30. The topological polar surface area (TPSA) is 12.5 Å². The molecule has 1 atom stereocenters. The Morgan fingerprint density at radius 1 is 1.43 bits per heavy atom. The lowest BCUT2D eigenvalue weighted by Gasteiger charge is -2.35. The van der Waals surface area contributed by atoms with Crippen LogP contribution in [0, 0.1) is 0 Å². The van der Waals surface area contributed by atoms with E-state index in [2.05, 4.69) is 30.9 Å². The second kappa shape index (κ2) is 3.91. The predicted molar refractivity (Wildman–Crippen MR) is 59.0 cm³/mol. The fraction of sp³-hybridized carbons (Fsp3) is 0.500. The van der Waals surface area contributed by atoms with Crippen molar-refractivity contribution >= 4 is 5.69 Å². The quantitative estimate of drug-likeness (QED) is 0.712. The lowest BCUT2D eigenvalue weighted by molar-refractivity contribution is 0.300. The molecule has 1 aromatic rings. The molecule has 76 valence electrons. The van der Waals surface area contributed by atoms with E-state index in [1.807, 2.05) is 12.1 Å². The molecule has 0 fully saturated rings. The lowest BCUT2D eigenvalue weighted by atomic mass is 10.1. The maximum Gasteiger partial charge on any atom is 0.142 e. The van der Waals surface area contributed by atoms with Gasteiger partial charge in [0.2, 0.25) is 0 Å². The normalized spacial score (nSPS) is 17.1. The largest absolute Gasteiger partial charge is 0.490 e. The van der Waals surface area contributed by atoms with Crippen LogP contribution in [0.4, 0.5) is 5.69 Å². The Morgan fingerprint density at radius 2 is 2.21 bits per heavy atom. The van der Waals surface area contributed by atoms with Gasteiger partial charge in [-0.3, -0.25) is 0 Å². The average Bonchev–Trinajstić information content (AvgIpc) is 2.27. The summed E-state index contributed by atoms with van der Waals surface area (Å²) in [5, 5.41) is 0. The first kappa shape index (κ1) is 9.38. The summed E-state index contributed by atoms with van der Waals surface area (Å²) in [7, 11) is 0. The number of benzene rings is 1. The van der Waals surface area contributed by atoms with Gasteiger partial charge < -0.3 is 9.64 Å². The van der Waals surface area contributed by atoms with E-state index in [1.165, 1.54) is 12.1 Å². The zero-order valence-corrected chi connectivity index (χ0v) is 8.86. The summed E-state index contributed by atoms with van der Waals surface area (Å²) in [5.41, 5.74) is 1.24. The minimum absolute atomic E-state index is 0.597. The highest BCUT2D eigenvalue weighted by molar-refractivity contribution is 5.60. The van der Waals surface area contributed by atoms with Gasteiger partial charge in [-0.1, -0.05) is 19.1 Å². The van der Waals surface area contributed by atoms with E-state index in [9.17, 15) is 0 Å². The maximum absolute atomic E-state index is 5.61. The molecule has 0 N–H and O–H groups in total. The monoisotopic (exact) mass is 191 g/mol. The summed E-state index contributed by atoms with van der Waals surface area (Å²) in [6, 6.07) is 8.88. The molecule has 0 saturated heterocycles. The number of nitrogens with zero attached hydrogens (tertiary/aromatic N) is 1. The van der Waals surface area contributed by atoms with Crippen molar-refractivity contribution in [2.75, 3.05) is 18.1 Å². The van der Waals surface area contributed by atoms with Crippen LogP contribution in [0.2, 0.25) is 0 Å². The molecule has 0 radical (unpaired) electrons. The van der Waals surface area contributed by atoms with Crippen LogP contribution in [0.1, 0.15) is 20.3 Å². The molecule has 1 aliphatic rings. The number of hydrogen-bond donors (Lipinski definition) is 0. The molecule has 2 nitrogen and oxygen atoms in total. The van der Waals surface area contributed by atoms with Gasteiger partial charge in [-0.25, -0.2) is 0 Å². The van der Waals surface area contributed by atoms with Gasteiger partial charge in [-0.15, -0.1) is 0 Å². The van der Waals surface area contributed by atoms with Crippen molar-refractivity contribution in [3.05, 3.63) is 24.3 Å². The second-order valence-electron chi connectivity index (χ2n) is 3.77. The molecule has 0 amide bonds. The van der Waals surface area contributed by atoms with Crippen molar-refractivity contribution in [1.82, 2.24) is 0 Å². The third kappa shape index (κ3) is 1.57. The van der Waals surface area contributed by atoms with Crippen LogP contribution in [0.15, 0.2) is 24.3 Å². The summed E-state index contributed by atoms with van der Waals surface area (Å²) in [5.74, 6) is 1.03. The van der Waals surface area contributed by atoms with Crippen molar-refractivity contribution < 1.29 is 4.74 Å². The Balaban J connectivity index is 2.30. The van der Waals surface area contributed by atoms with E-state index in [4.69, 9.17) is 4.74 Å². The van der Waals surface area contributed by atoms with Crippen LogP contribution in [-0.4, -0.2) is 19.2 Å². The van der Waals surface area contributed by atoms with Crippen LogP contribution in [-0.2, 0) is 0 Å². The molecule has 0 aliphatic carbocycles. The molecule has 0 aromatic heterocycles. The van der Waals surface area contributed by atoms with Crippen molar-refractivity contribution in [3.8, 4) is 5.75 Å². The summed E-state index contributed by atoms with van der Waals surface area (Å²) >= 11 is 0. The lowest BCUT2D eigenvalue weighted by Crippen LogP contribution is -2.39. The minimum atomic E-state index is 0.597. The number of hydrogen-bond acceptors (Lipinski definition) is 2. The molecule has 0 spiro atoms. The Kier molecular flexibility index (Phi) is 2.62. The van der Waals surface area contributed by atoms with Crippen LogP contribution < -0.4 is 9.64 Å². The van der Waals surface area contributed by atoms with E-state index in [-0.39, 0.29) is 0 Å². The highest BCUT2D eigenvalue weighted by Gasteiger charge is 2.20. The SMILES string of the molecule is CCC(C)N1CCOc2ccccc21. The molecule has 0 bridgehead atoms. The number of fused-ring (bicyclic) bond motifs is 1. The Hall–Kier alpha value is -1.18. The molecule has 1 aromatic carbocycles. The van der Waals surface area contributed by atoms with Gasteiger partial charge in [-0.2, -0.15) is 0 Å². The van der Waals surface area contributed by atoms with Crippen LogP contribution in [0.3, 0.4) is 0 Å². The molecule has 2 rings (SSSR count). The maximum atomic E-state index is 5.61. The van der Waals surface area contributed by atoms with Gasteiger partial charge in [0, 0.05) is 6.04 Å². The first-order valence-corrected chi connectivity index (χ1v) is 5.31. The highest BCUT2D eigenvalue weighted by atomic mass is 16.5. The highest BCUT2D eigenvalue weighted by Crippen LogP contribution is 2.32. The number of anilines is 1. The number of para-hydroxylation sites is 2. The van der Waals surface area contributed by atoms with Crippen molar-refractivity contribution in [1.29, 1.82) is 0 Å². The molecule has 0 saturated carbocycles. The van der Waals surface area contributed by atoms with Gasteiger partial charge in [0.1, 0.15) is 12.4 Å². The second-order valence-corrected chi connectivity index (χ2v) is 3.77. The Morgan fingerprint density at radius 3 is 3.00 bits per heavy atom. The fourth-order valence-electron chi connectivity index (χ4n) is 1.87. The van der Waals surface area contributed by atoms with E-state index in [1.54, 1.807) is 0 Å². The van der Waals surface area contributed by atoms with Gasteiger partial charge >= 0.3 is 0 Å². The van der Waals surface area contributed by atoms with Crippen LogP contribution in [0.25, 0.3) is 0 Å². The zero-order chi connectivity index (χ0) is 9.97. The first-order valence-electron chi connectivity index (χ1n) is 5.31. The smallest absolute Gasteiger partial charge is 0.142 e. The first-order chi connectivity index (χ1) is 6.83. The summed E-state index contributed by atoms with van der Waals surface area (Å²) in [4.78, 5) is 2.43. The van der Waals surface area contributed by atoms with E-state index in [0.29, 0.717) is 6.04 Å². The van der Waals surface area contributed by atoms with Gasteiger partial charge in [0.05, 0.1) is 12.2 Å². The number of rotatable bonds is 2. The van der Waals surface area contributed by atoms with Gasteiger partial charge in [0.25, 0.3) is 0 Å². The molecule has 1 heterocycles. The van der Waals surface area contributed by atoms with E-state index >= 15 is 0 Å². The van der Waals surface area contributed by atoms with Gasteiger partial charge in [0.15, 0.2) is 0 Å². The fourth-order valence-corrected chi connectivity index (χ4v) is 1.87.